The van der Waals surface area contributed by atoms with Crippen molar-refractivity contribution in [3.63, 3.8) is 0 Å². The molecule has 17 nitrogen and oxygen atoms in total. The lowest BCUT2D eigenvalue weighted by atomic mass is 9.98. The van der Waals surface area contributed by atoms with E-state index < -0.39 is 5.91 Å². The van der Waals surface area contributed by atoms with E-state index in [0.717, 1.165) is 80.8 Å². The number of aryl methyl sites for hydroxylation is 1. The Morgan fingerprint density at radius 3 is 1.79 bits per heavy atom. The number of methoxy groups -OCH3 is 1. The van der Waals surface area contributed by atoms with Crippen molar-refractivity contribution in [3.05, 3.63) is 107 Å². The highest BCUT2D eigenvalue weighted by molar-refractivity contribution is 5.92. The Bertz CT molecular complexity index is 2650. The quantitative estimate of drug-likeness (QED) is 0.0905. The average molecular weight is 915 g/mol. The Labute approximate surface area is 391 Å². The minimum atomic E-state index is -0.705. The molecule has 17 heteroatoms. The van der Waals surface area contributed by atoms with Crippen molar-refractivity contribution in [2.24, 2.45) is 11.7 Å². The molecule has 8 rings (SSSR count). The number of amides is 2. The number of hydrogen-bond acceptors (Lipinski definition) is 13. The smallest absolute Gasteiger partial charge is 0.289 e. The van der Waals surface area contributed by atoms with Gasteiger partial charge in [-0.2, -0.15) is 0 Å². The molecular weight excluding hydrogens is 853 g/mol. The van der Waals surface area contributed by atoms with Crippen LogP contribution >= 0.6 is 0 Å². The van der Waals surface area contributed by atoms with Gasteiger partial charge in [0.2, 0.25) is 11.6 Å². The second kappa shape index (κ2) is 21.7. The molecule has 2 aromatic heterocycles. The number of phenols is 2. The van der Waals surface area contributed by atoms with Gasteiger partial charge in [0.15, 0.2) is 11.6 Å². The number of hydrogen-bond donors (Lipinski definition) is 4. The molecular formula is C50H62N10O7. The third-order valence-corrected chi connectivity index (χ3v) is 12.2. The fourth-order valence-corrected chi connectivity index (χ4v) is 8.38. The summed E-state index contributed by atoms with van der Waals surface area (Å²) < 4.78 is 19.7. The van der Waals surface area contributed by atoms with Gasteiger partial charge in [0.25, 0.3) is 11.8 Å². The molecule has 2 aliphatic rings. The lowest BCUT2D eigenvalue weighted by molar-refractivity contribution is 0.0342. The average Bonchev–Trinajstić information content (AvgIpc) is 3.98. The number of likely N-dealkylation sites (tertiary alicyclic amines) is 1. The maximum Gasteiger partial charge on any atom is 0.289 e. The van der Waals surface area contributed by atoms with Crippen molar-refractivity contribution in [1.82, 2.24) is 44.6 Å². The zero-order valence-electron chi connectivity index (χ0n) is 39.5. The summed E-state index contributed by atoms with van der Waals surface area (Å²) in [6.45, 7) is 17.9. The lowest BCUT2D eigenvalue weighted by Gasteiger charge is -2.30. The normalized spacial score (nSPS) is 14.7. The summed E-state index contributed by atoms with van der Waals surface area (Å²) in [5.74, 6) is 1.95. The van der Waals surface area contributed by atoms with E-state index in [4.69, 9.17) is 19.9 Å². The number of nitrogens with two attached hydrogens (primary N) is 1. The highest BCUT2D eigenvalue weighted by atomic mass is 16.5. The molecule has 2 amide bonds. The van der Waals surface area contributed by atoms with Gasteiger partial charge < -0.3 is 35.5 Å². The first-order chi connectivity index (χ1) is 32.3. The SMILES string of the molecule is CCOc1cc(O)c(-c2nnc(C(N)=O)n2-c2ccc(CN3CCOCC3)cc2)cc1C.CNC(=O)c1nnc(-c2cc(C(C)C)c(OC)cc2O)n1-c1ccc(CN2CCC(C)CC2)cc1. The standard InChI is InChI=1S/C27H35N5O3.C23H27N5O4/c1-17(2)21-14-22(23(33)15-24(21)35-5)25-29-30-26(27(34)28-4)32(25)20-8-6-19(7-9-20)16-31-12-10-18(3)11-13-31;1-3-32-20-13-19(29)18(12-15(20)2)22-25-26-23(21(24)30)28(22)17-6-4-16(5-7-17)14-27-8-10-31-11-9-27/h6-9,14-15,17-18,33H,10-13,16H2,1-5H3,(H,28,34);4-7,12-13,29H,3,8-11,14H2,1-2H3,(H2,24,30). The molecule has 354 valence electrons. The molecule has 0 bridgehead atoms. The van der Waals surface area contributed by atoms with Crippen LogP contribution in [0.1, 0.15) is 89.9 Å². The third-order valence-electron chi connectivity index (χ3n) is 12.2. The number of piperidine rings is 1. The monoisotopic (exact) mass is 914 g/mol. The fourth-order valence-electron chi connectivity index (χ4n) is 8.38. The van der Waals surface area contributed by atoms with Crippen molar-refractivity contribution < 1.29 is 34.0 Å². The van der Waals surface area contributed by atoms with Gasteiger partial charge in [-0.15, -0.1) is 20.4 Å². The summed E-state index contributed by atoms with van der Waals surface area (Å²) in [6.07, 6.45) is 2.47. The van der Waals surface area contributed by atoms with E-state index in [1.807, 2.05) is 56.3 Å². The molecule has 0 aliphatic carbocycles. The van der Waals surface area contributed by atoms with Crippen LogP contribution in [0.5, 0.6) is 23.0 Å². The molecule has 0 unspecified atom stereocenters. The molecule has 0 spiro atoms. The molecule has 5 N–H and O–H groups in total. The summed E-state index contributed by atoms with van der Waals surface area (Å²) in [5.41, 5.74) is 12.0. The molecule has 6 aromatic rings. The van der Waals surface area contributed by atoms with Gasteiger partial charge in [0, 0.05) is 56.7 Å². The second-order valence-corrected chi connectivity index (χ2v) is 17.3. The van der Waals surface area contributed by atoms with Gasteiger partial charge in [-0.25, -0.2) is 0 Å². The molecule has 2 fully saturated rings. The van der Waals surface area contributed by atoms with E-state index >= 15 is 0 Å². The highest BCUT2D eigenvalue weighted by Gasteiger charge is 2.26. The number of nitrogens with zero attached hydrogens (tertiary/aromatic N) is 8. The number of aromatic hydroxyl groups is 2. The Balaban J connectivity index is 0.000000200. The van der Waals surface area contributed by atoms with Gasteiger partial charge in [-0.1, -0.05) is 45.0 Å². The molecule has 4 aromatic carbocycles. The first-order valence-electron chi connectivity index (χ1n) is 22.8. The number of ether oxygens (including phenoxy) is 3. The lowest BCUT2D eigenvalue weighted by Crippen LogP contribution is -2.35. The van der Waals surface area contributed by atoms with Crippen molar-refractivity contribution in [2.45, 2.75) is 66.5 Å². The summed E-state index contributed by atoms with van der Waals surface area (Å²) in [7, 11) is 3.14. The Hall–Kier alpha value is -6.82. The fraction of sp³-hybridized carbons (Fsp3) is 0.400. The summed E-state index contributed by atoms with van der Waals surface area (Å²) in [4.78, 5) is 29.5. The van der Waals surface area contributed by atoms with Crippen molar-refractivity contribution >= 4 is 11.8 Å². The Morgan fingerprint density at radius 2 is 1.28 bits per heavy atom. The van der Waals surface area contributed by atoms with Crippen LogP contribution in [0.4, 0.5) is 0 Å². The van der Waals surface area contributed by atoms with E-state index in [1.165, 1.54) is 18.4 Å². The molecule has 2 saturated heterocycles. The van der Waals surface area contributed by atoms with Crippen LogP contribution in [0.25, 0.3) is 34.2 Å². The number of aromatic nitrogens is 6. The van der Waals surface area contributed by atoms with Gasteiger partial charge >= 0.3 is 0 Å². The molecule has 4 heterocycles. The number of morpholine rings is 1. The maximum absolute atomic E-state index is 12.6. The van der Waals surface area contributed by atoms with E-state index in [-0.39, 0.29) is 35.0 Å². The minimum absolute atomic E-state index is 0.00753. The van der Waals surface area contributed by atoms with Gasteiger partial charge in [-0.3, -0.25) is 28.5 Å². The first kappa shape index (κ1) is 48.1. The van der Waals surface area contributed by atoms with Crippen molar-refractivity contribution in [1.29, 1.82) is 0 Å². The van der Waals surface area contributed by atoms with E-state index in [2.05, 4.69) is 68.4 Å². The number of benzene rings is 4. The maximum atomic E-state index is 12.6. The van der Waals surface area contributed by atoms with E-state index in [0.29, 0.717) is 46.6 Å². The summed E-state index contributed by atoms with van der Waals surface area (Å²) >= 11 is 0. The van der Waals surface area contributed by atoms with Crippen LogP contribution in [0.15, 0.2) is 72.8 Å². The molecule has 0 radical (unpaired) electrons. The zero-order valence-corrected chi connectivity index (χ0v) is 39.5. The van der Waals surface area contributed by atoms with Crippen LogP contribution in [0, 0.1) is 12.8 Å². The molecule has 67 heavy (non-hydrogen) atoms. The van der Waals surface area contributed by atoms with Crippen LogP contribution < -0.4 is 20.5 Å². The van der Waals surface area contributed by atoms with Crippen molar-refractivity contribution in [3.8, 4) is 57.1 Å². The zero-order chi connectivity index (χ0) is 47.8. The predicted molar refractivity (Wildman–Crippen MR) is 255 cm³/mol. The van der Waals surface area contributed by atoms with Crippen LogP contribution in [0.2, 0.25) is 0 Å². The Morgan fingerprint density at radius 1 is 0.776 bits per heavy atom. The van der Waals surface area contributed by atoms with Crippen LogP contribution in [-0.2, 0) is 17.8 Å². The summed E-state index contributed by atoms with van der Waals surface area (Å²) in [6, 6.07) is 22.7. The predicted octanol–water partition coefficient (Wildman–Crippen LogP) is 6.64. The summed E-state index contributed by atoms with van der Waals surface area (Å²) in [5, 5.41) is 40.8. The first-order valence-corrected chi connectivity index (χ1v) is 22.8. The third kappa shape index (κ3) is 11.1. The van der Waals surface area contributed by atoms with Crippen molar-refractivity contribution in [2.75, 3.05) is 60.2 Å². The van der Waals surface area contributed by atoms with Gasteiger partial charge in [0.05, 0.1) is 38.1 Å². The largest absolute Gasteiger partial charge is 0.507 e. The highest BCUT2D eigenvalue weighted by Crippen LogP contribution is 2.39. The molecule has 0 atom stereocenters. The number of primary amides is 1. The van der Waals surface area contributed by atoms with E-state index in [9.17, 15) is 19.8 Å². The van der Waals surface area contributed by atoms with Gasteiger partial charge in [0.1, 0.15) is 23.0 Å². The van der Waals surface area contributed by atoms with Crippen LogP contribution in [0.3, 0.4) is 0 Å². The molecule has 2 aliphatic heterocycles. The number of phenolic OH excluding ortho intramolecular Hbond substituents is 2. The van der Waals surface area contributed by atoms with E-state index in [1.54, 1.807) is 41.5 Å². The van der Waals surface area contributed by atoms with Gasteiger partial charge in [-0.05, 0) is 110 Å². The second-order valence-electron chi connectivity index (χ2n) is 17.3. The number of nitrogens with one attached hydrogen (secondary N) is 1. The molecule has 0 saturated carbocycles. The number of carbonyl (C=O) groups is 2. The minimum Gasteiger partial charge on any atom is -0.507 e. The number of rotatable bonds is 14. The Kier molecular flexibility index (Phi) is 15.6. The topological polar surface area (TPSA) is 208 Å². The number of carbonyl (C=O) groups excluding carboxylic acids is 2. The van der Waals surface area contributed by atoms with Crippen LogP contribution in [-0.4, -0.2) is 122 Å².